The summed E-state index contributed by atoms with van der Waals surface area (Å²) in [5.74, 6) is -1.11. The SMILES string of the molecule is CN(CCCC(=O)O)C(=O)c1cc(Cl)c(Cl)n1C. The number of amides is 1. The van der Waals surface area contributed by atoms with E-state index in [1.807, 2.05) is 0 Å². The summed E-state index contributed by atoms with van der Waals surface area (Å²) in [6.45, 7) is 0.367. The fraction of sp³-hybridized carbons (Fsp3) is 0.455. The Labute approximate surface area is 115 Å². The van der Waals surface area contributed by atoms with Crippen molar-refractivity contribution in [2.24, 2.45) is 7.05 Å². The zero-order chi connectivity index (χ0) is 13.9. The van der Waals surface area contributed by atoms with Crippen molar-refractivity contribution >= 4 is 35.1 Å². The molecule has 0 aliphatic carbocycles. The zero-order valence-corrected chi connectivity index (χ0v) is 11.6. The predicted octanol–water partition coefficient (Wildman–Crippen LogP) is 2.27. The first kappa shape index (κ1) is 14.9. The molecule has 7 heteroatoms. The Kier molecular flexibility index (Phi) is 5.04. The third kappa shape index (κ3) is 3.40. The molecule has 0 atom stereocenters. The third-order valence-corrected chi connectivity index (χ3v) is 3.41. The maximum atomic E-state index is 12.0. The molecule has 0 aromatic carbocycles. The lowest BCUT2D eigenvalue weighted by Crippen LogP contribution is -2.29. The Morgan fingerprint density at radius 2 is 2.06 bits per heavy atom. The first-order valence-electron chi connectivity index (χ1n) is 5.32. The van der Waals surface area contributed by atoms with Crippen molar-refractivity contribution in [3.63, 3.8) is 0 Å². The number of rotatable bonds is 5. The van der Waals surface area contributed by atoms with Gasteiger partial charge in [-0.1, -0.05) is 23.2 Å². The molecule has 100 valence electrons. The fourth-order valence-corrected chi connectivity index (χ4v) is 1.89. The van der Waals surface area contributed by atoms with Crippen LogP contribution in [-0.2, 0) is 11.8 Å². The standard InChI is InChI=1S/C11H14Cl2N2O3/c1-14(5-3-4-9(16)17)11(18)8-6-7(12)10(13)15(8)2/h6H,3-5H2,1-2H3,(H,16,17). The highest BCUT2D eigenvalue weighted by Gasteiger charge is 2.18. The molecule has 0 saturated carbocycles. The maximum absolute atomic E-state index is 12.0. The molecule has 18 heavy (non-hydrogen) atoms. The molecule has 0 spiro atoms. The van der Waals surface area contributed by atoms with E-state index < -0.39 is 5.97 Å². The molecule has 1 rings (SSSR count). The molecule has 0 aliphatic rings. The van der Waals surface area contributed by atoms with Crippen LogP contribution in [0.15, 0.2) is 6.07 Å². The van der Waals surface area contributed by atoms with Gasteiger partial charge in [0.25, 0.3) is 5.91 Å². The highest BCUT2D eigenvalue weighted by molar-refractivity contribution is 6.41. The van der Waals surface area contributed by atoms with Crippen LogP contribution in [0, 0.1) is 0 Å². The van der Waals surface area contributed by atoms with Crippen molar-refractivity contribution in [2.45, 2.75) is 12.8 Å². The van der Waals surface area contributed by atoms with Gasteiger partial charge < -0.3 is 14.6 Å². The smallest absolute Gasteiger partial charge is 0.303 e. The van der Waals surface area contributed by atoms with Gasteiger partial charge in [0.1, 0.15) is 10.8 Å². The maximum Gasteiger partial charge on any atom is 0.303 e. The monoisotopic (exact) mass is 292 g/mol. The van der Waals surface area contributed by atoms with Gasteiger partial charge >= 0.3 is 5.97 Å². The Bertz CT molecular complexity index is 471. The number of aromatic nitrogens is 1. The summed E-state index contributed by atoms with van der Waals surface area (Å²) in [6, 6.07) is 1.50. The summed E-state index contributed by atoms with van der Waals surface area (Å²) in [4.78, 5) is 23.9. The van der Waals surface area contributed by atoms with Crippen LogP contribution in [0.1, 0.15) is 23.3 Å². The Hall–Kier alpha value is -1.20. The summed E-state index contributed by atoms with van der Waals surface area (Å²) in [7, 11) is 3.26. The van der Waals surface area contributed by atoms with Gasteiger partial charge in [0.15, 0.2) is 0 Å². The van der Waals surface area contributed by atoms with Crippen molar-refractivity contribution in [3.8, 4) is 0 Å². The molecule has 0 unspecified atom stereocenters. The molecule has 1 amide bonds. The lowest BCUT2D eigenvalue weighted by Gasteiger charge is -2.16. The average molecular weight is 293 g/mol. The molecule has 0 radical (unpaired) electrons. The minimum atomic E-state index is -0.874. The van der Waals surface area contributed by atoms with E-state index in [9.17, 15) is 9.59 Å². The number of carbonyl (C=O) groups is 2. The summed E-state index contributed by atoms with van der Waals surface area (Å²) < 4.78 is 1.50. The first-order chi connectivity index (χ1) is 8.34. The number of carboxylic acid groups (broad SMARTS) is 1. The minimum absolute atomic E-state index is 0.0340. The first-order valence-corrected chi connectivity index (χ1v) is 6.08. The lowest BCUT2D eigenvalue weighted by molar-refractivity contribution is -0.137. The van der Waals surface area contributed by atoms with Crippen LogP contribution < -0.4 is 0 Å². The van der Waals surface area contributed by atoms with Crippen LogP contribution in [0.4, 0.5) is 0 Å². The largest absolute Gasteiger partial charge is 0.481 e. The van der Waals surface area contributed by atoms with E-state index in [1.54, 1.807) is 14.1 Å². The van der Waals surface area contributed by atoms with Gasteiger partial charge in [-0.05, 0) is 12.5 Å². The zero-order valence-electron chi connectivity index (χ0n) is 10.1. The van der Waals surface area contributed by atoms with E-state index in [1.165, 1.54) is 15.5 Å². The van der Waals surface area contributed by atoms with Gasteiger partial charge in [-0.15, -0.1) is 0 Å². The van der Waals surface area contributed by atoms with Gasteiger partial charge in [0, 0.05) is 27.1 Å². The number of hydrogen-bond acceptors (Lipinski definition) is 2. The highest BCUT2D eigenvalue weighted by atomic mass is 35.5. The van der Waals surface area contributed by atoms with Gasteiger partial charge in [-0.3, -0.25) is 9.59 Å². The molecule has 0 fully saturated rings. The van der Waals surface area contributed by atoms with Crippen molar-refractivity contribution in [2.75, 3.05) is 13.6 Å². The molecule has 1 heterocycles. The van der Waals surface area contributed by atoms with E-state index >= 15 is 0 Å². The van der Waals surface area contributed by atoms with Crippen LogP contribution in [-0.4, -0.2) is 40.0 Å². The molecule has 5 nitrogen and oxygen atoms in total. The number of carboxylic acids is 1. The topological polar surface area (TPSA) is 62.5 Å². The Balaban J connectivity index is 2.68. The van der Waals surface area contributed by atoms with Crippen LogP contribution in [0.2, 0.25) is 10.2 Å². The molecule has 0 saturated heterocycles. The van der Waals surface area contributed by atoms with E-state index in [4.69, 9.17) is 28.3 Å². The second-order valence-corrected chi connectivity index (χ2v) is 4.72. The van der Waals surface area contributed by atoms with Gasteiger partial charge in [0.2, 0.25) is 0 Å². The number of halogens is 2. The van der Waals surface area contributed by atoms with Crippen molar-refractivity contribution in [3.05, 3.63) is 21.9 Å². The van der Waals surface area contributed by atoms with Gasteiger partial charge in [-0.2, -0.15) is 0 Å². The number of aliphatic carboxylic acids is 1. The van der Waals surface area contributed by atoms with Crippen LogP contribution in [0.25, 0.3) is 0 Å². The van der Waals surface area contributed by atoms with Crippen molar-refractivity contribution in [1.82, 2.24) is 9.47 Å². The molecule has 0 aliphatic heterocycles. The van der Waals surface area contributed by atoms with E-state index in [0.717, 1.165) is 0 Å². The van der Waals surface area contributed by atoms with Crippen molar-refractivity contribution < 1.29 is 14.7 Å². The van der Waals surface area contributed by atoms with E-state index in [0.29, 0.717) is 28.8 Å². The normalized spacial score (nSPS) is 10.4. The summed E-state index contributed by atoms with van der Waals surface area (Å²) >= 11 is 11.7. The predicted molar refractivity (Wildman–Crippen MR) is 69.3 cm³/mol. The second-order valence-electron chi connectivity index (χ2n) is 3.95. The summed E-state index contributed by atoms with van der Waals surface area (Å²) in [5, 5.41) is 9.15. The summed E-state index contributed by atoms with van der Waals surface area (Å²) in [5.41, 5.74) is 0.378. The molecular formula is C11H14Cl2N2O3. The molecular weight excluding hydrogens is 279 g/mol. The quantitative estimate of drug-likeness (QED) is 0.905. The fourth-order valence-electron chi connectivity index (χ4n) is 1.51. The van der Waals surface area contributed by atoms with Crippen LogP contribution in [0.5, 0.6) is 0 Å². The van der Waals surface area contributed by atoms with Crippen LogP contribution in [0.3, 0.4) is 0 Å². The molecule has 1 aromatic rings. The van der Waals surface area contributed by atoms with Gasteiger partial charge in [-0.25, -0.2) is 0 Å². The second kappa shape index (κ2) is 6.11. The minimum Gasteiger partial charge on any atom is -0.481 e. The van der Waals surface area contributed by atoms with E-state index in [-0.39, 0.29) is 12.3 Å². The average Bonchev–Trinajstić information content (AvgIpc) is 2.55. The Morgan fingerprint density at radius 3 is 2.50 bits per heavy atom. The van der Waals surface area contributed by atoms with Crippen molar-refractivity contribution in [1.29, 1.82) is 0 Å². The van der Waals surface area contributed by atoms with E-state index in [2.05, 4.69) is 0 Å². The highest BCUT2D eigenvalue weighted by Crippen LogP contribution is 2.25. The molecule has 1 aromatic heterocycles. The third-order valence-electron chi connectivity index (χ3n) is 2.57. The van der Waals surface area contributed by atoms with Gasteiger partial charge in [0.05, 0.1) is 5.02 Å². The number of carbonyl (C=O) groups excluding carboxylic acids is 1. The molecule has 1 N–H and O–H groups in total. The Morgan fingerprint density at radius 1 is 1.44 bits per heavy atom. The lowest BCUT2D eigenvalue weighted by atomic mass is 10.3. The number of nitrogens with zero attached hydrogens (tertiary/aromatic N) is 2. The summed E-state index contributed by atoms with van der Waals surface area (Å²) in [6.07, 6.45) is 0.440. The number of hydrogen-bond donors (Lipinski definition) is 1. The van der Waals surface area contributed by atoms with Crippen LogP contribution >= 0.6 is 23.2 Å². The molecule has 0 bridgehead atoms.